The summed E-state index contributed by atoms with van der Waals surface area (Å²) < 4.78 is 9.38. The summed E-state index contributed by atoms with van der Waals surface area (Å²) in [7, 11) is 1.55. The Labute approximate surface area is 61.3 Å². The first-order valence-electron chi connectivity index (χ1n) is 3.17. The fourth-order valence-corrected chi connectivity index (χ4v) is 0.561. The molecule has 0 aromatic heterocycles. The summed E-state index contributed by atoms with van der Waals surface area (Å²) in [6.45, 7) is 5.72. The van der Waals surface area contributed by atoms with E-state index in [4.69, 9.17) is 4.74 Å². The van der Waals surface area contributed by atoms with Crippen LogP contribution >= 0.6 is 0 Å². The molecule has 0 amide bonds. The minimum Gasteiger partial charge on any atom is -0.465 e. The van der Waals surface area contributed by atoms with E-state index >= 15 is 0 Å². The summed E-state index contributed by atoms with van der Waals surface area (Å²) in [5, 5.41) is 0. The van der Waals surface area contributed by atoms with Crippen molar-refractivity contribution < 1.29 is 14.3 Å². The third-order valence-electron chi connectivity index (χ3n) is 1.06. The minimum atomic E-state index is -0.253. The first kappa shape index (κ1) is 9.43. The number of hydrogen-bond donors (Lipinski definition) is 0. The molecule has 3 heteroatoms. The molecule has 0 heterocycles. The molecule has 0 aromatic carbocycles. The number of methoxy groups -OCH3 is 1. The lowest BCUT2D eigenvalue weighted by Gasteiger charge is -2.07. The smallest absolute Gasteiger partial charge is 0.310 e. The predicted octanol–water partition coefficient (Wildman–Crippen LogP) is 0.646. The largest absolute Gasteiger partial charge is 0.465 e. The van der Waals surface area contributed by atoms with Gasteiger partial charge >= 0.3 is 5.97 Å². The maximum absolute atomic E-state index is 10.8. The zero-order chi connectivity index (χ0) is 7.98. The van der Waals surface area contributed by atoms with Crippen molar-refractivity contribution in [2.75, 3.05) is 20.3 Å². The normalized spacial score (nSPS) is 12.7. The Morgan fingerprint density at radius 2 is 2.30 bits per heavy atom. The highest BCUT2D eigenvalue weighted by Crippen LogP contribution is 1.97. The van der Waals surface area contributed by atoms with Gasteiger partial charge in [0.25, 0.3) is 0 Å². The highest BCUT2D eigenvalue weighted by Gasteiger charge is 2.12. The van der Waals surface area contributed by atoms with E-state index in [0.29, 0.717) is 6.61 Å². The zero-order valence-electron chi connectivity index (χ0n) is 6.42. The molecular formula is C7H13O3. The van der Waals surface area contributed by atoms with Crippen molar-refractivity contribution in [1.29, 1.82) is 0 Å². The number of esters is 1. The van der Waals surface area contributed by atoms with Gasteiger partial charge in [-0.25, -0.2) is 0 Å². The van der Waals surface area contributed by atoms with Gasteiger partial charge in [0, 0.05) is 7.11 Å². The third kappa shape index (κ3) is 3.45. The molecule has 0 N–H and O–H groups in total. The number of ether oxygens (including phenoxy) is 2. The van der Waals surface area contributed by atoms with Gasteiger partial charge in [0.1, 0.15) is 0 Å². The quantitative estimate of drug-likeness (QED) is 0.545. The summed E-state index contributed by atoms with van der Waals surface area (Å²) >= 11 is 0. The molecular weight excluding hydrogens is 132 g/mol. The van der Waals surface area contributed by atoms with E-state index in [1.807, 2.05) is 0 Å². The monoisotopic (exact) mass is 145 g/mol. The lowest BCUT2D eigenvalue weighted by Crippen LogP contribution is -2.18. The molecule has 0 aliphatic heterocycles. The van der Waals surface area contributed by atoms with Crippen LogP contribution in [0, 0.1) is 12.8 Å². The van der Waals surface area contributed by atoms with Crippen LogP contribution in [0.2, 0.25) is 0 Å². The van der Waals surface area contributed by atoms with Crippen LogP contribution in [0.1, 0.15) is 6.92 Å². The summed E-state index contributed by atoms with van der Waals surface area (Å²) in [6, 6.07) is 0. The first-order valence-corrected chi connectivity index (χ1v) is 3.17. The molecule has 0 rings (SSSR count). The molecule has 0 aliphatic carbocycles. The first-order chi connectivity index (χ1) is 4.72. The van der Waals surface area contributed by atoms with E-state index in [1.165, 1.54) is 0 Å². The van der Waals surface area contributed by atoms with Crippen LogP contribution < -0.4 is 0 Å². The van der Waals surface area contributed by atoms with Gasteiger partial charge in [0.15, 0.2) is 0 Å². The van der Waals surface area contributed by atoms with Crippen molar-refractivity contribution in [3.8, 4) is 0 Å². The van der Waals surface area contributed by atoms with Crippen LogP contribution in [0.15, 0.2) is 0 Å². The van der Waals surface area contributed by atoms with Gasteiger partial charge in [0.05, 0.1) is 19.1 Å². The SMILES string of the molecule is [CH2]COC(=O)C(C)COC. The van der Waals surface area contributed by atoms with Gasteiger partial charge in [0.2, 0.25) is 0 Å². The topological polar surface area (TPSA) is 35.5 Å². The van der Waals surface area contributed by atoms with Crippen LogP contribution in [-0.4, -0.2) is 26.3 Å². The van der Waals surface area contributed by atoms with Crippen LogP contribution in [0.4, 0.5) is 0 Å². The number of hydrogen-bond acceptors (Lipinski definition) is 3. The molecule has 0 aromatic rings. The van der Waals surface area contributed by atoms with Crippen molar-refractivity contribution in [2.45, 2.75) is 6.92 Å². The fourth-order valence-electron chi connectivity index (χ4n) is 0.561. The van der Waals surface area contributed by atoms with E-state index in [0.717, 1.165) is 0 Å². The second-order valence-corrected chi connectivity index (χ2v) is 2.02. The molecule has 1 atom stereocenters. The Morgan fingerprint density at radius 1 is 1.70 bits per heavy atom. The van der Waals surface area contributed by atoms with Crippen LogP contribution in [0.25, 0.3) is 0 Å². The molecule has 10 heavy (non-hydrogen) atoms. The average molecular weight is 145 g/mol. The van der Waals surface area contributed by atoms with Gasteiger partial charge in [-0.05, 0) is 13.8 Å². The molecule has 0 saturated carbocycles. The molecule has 0 spiro atoms. The fraction of sp³-hybridized carbons (Fsp3) is 0.714. The minimum absolute atomic E-state index is 0.187. The molecule has 1 radical (unpaired) electrons. The highest BCUT2D eigenvalue weighted by molar-refractivity contribution is 5.72. The van der Waals surface area contributed by atoms with Crippen molar-refractivity contribution in [3.63, 3.8) is 0 Å². The van der Waals surface area contributed by atoms with Crippen molar-refractivity contribution >= 4 is 5.97 Å². The third-order valence-corrected chi connectivity index (χ3v) is 1.06. The number of rotatable bonds is 4. The molecule has 3 nitrogen and oxygen atoms in total. The van der Waals surface area contributed by atoms with Gasteiger partial charge in [-0.1, -0.05) is 0 Å². The second-order valence-electron chi connectivity index (χ2n) is 2.02. The Kier molecular flexibility index (Phi) is 4.94. The highest BCUT2D eigenvalue weighted by atomic mass is 16.5. The maximum atomic E-state index is 10.8. The van der Waals surface area contributed by atoms with E-state index in [-0.39, 0.29) is 18.5 Å². The second kappa shape index (κ2) is 5.23. The lowest BCUT2D eigenvalue weighted by molar-refractivity contribution is -0.148. The van der Waals surface area contributed by atoms with Crippen molar-refractivity contribution in [2.24, 2.45) is 5.92 Å². The average Bonchev–Trinajstić information content (AvgIpc) is 1.89. The molecule has 0 fully saturated rings. The van der Waals surface area contributed by atoms with E-state index < -0.39 is 0 Å². The van der Waals surface area contributed by atoms with Gasteiger partial charge in [-0.15, -0.1) is 0 Å². The summed E-state index contributed by atoms with van der Waals surface area (Å²) in [6.07, 6.45) is 0. The molecule has 59 valence electrons. The number of carbonyl (C=O) groups is 1. The van der Waals surface area contributed by atoms with E-state index in [2.05, 4.69) is 11.7 Å². The van der Waals surface area contributed by atoms with Crippen molar-refractivity contribution in [1.82, 2.24) is 0 Å². The van der Waals surface area contributed by atoms with Crippen LogP contribution in [-0.2, 0) is 14.3 Å². The standard InChI is InChI=1S/C7H13O3/c1-4-10-7(8)6(2)5-9-3/h6H,1,4-5H2,2-3H3. The van der Waals surface area contributed by atoms with Gasteiger partial charge in [-0.3, -0.25) is 4.79 Å². The Bertz CT molecular complexity index is 101. The molecule has 0 aliphatic rings. The van der Waals surface area contributed by atoms with Crippen LogP contribution in [0.5, 0.6) is 0 Å². The molecule has 0 saturated heterocycles. The lowest BCUT2D eigenvalue weighted by atomic mass is 10.2. The Balaban J connectivity index is 3.49. The predicted molar refractivity (Wildman–Crippen MR) is 37.4 cm³/mol. The molecule has 1 unspecified atom stereocenters. The number of carbonyl (C=O) groups excluding carboxylic acids is 1. The van der Waals surface area contributed by atoms with E-state index in [1.54, 1.807) is 14.0 Å². The summed E-state index contributed by atoms with van der Waals surface area (Å²) in [5.74, 6) is -0.441. The maximum Gasteiger partial charge on any atom is 0.310 e. The van der Waals surface area contributed by atoms with Gasteiger partial charge < -0.3 is 9.47 Å². The Hall–Kier alpha value is -0.570. The van der Waals surface area contributed by atoms with Crippen LogP contribution in [0.3, 0.4) is 0 Å². The molecule has 0 bridgehead atoms. The van der Waals surface area contributed by atoms with Gasteiger partial charge in [-0.2, -0.15) is 0 Å². The Morgan fingerprint density at radius 3 is 2.70 bits per heavy atom. The van der Waals surface area contributed by atoms with Crippen molar-refractivity contribution in [3.05, 3.63) is 6.92 Å². The van der Waals surface area contributed by atoms with E-state index in [9.17, 15) is 4.79 Å². The summed E-state index contributed by atoms with van der Waals surface area (Å²) in [4.78, 5) is 10.8. The summed E-state index contributed by atoms with van der Waals surface area (Å²) in [5.41, 5.74) is 0. The zero-order valence-corrected chi connectivity index (χ0v) is 6.42.